The van der Waals surface area contributed by atoms with E-state index in [2.05, 4.69) is 6.92 Å². The van der Waals surface area contributed by atoms with Crippen LogP contribution in [0.5, 0.6) is 0 Å². The second-order valence-electron chi connectivity index (χ2n) is 3.79. The Morgan fingerprint density at radius 2 is 1.87 bits per heavy atom. The largest absolute Gasteiger partial charge is 0.303 e. The Labute approximate surface area is 92.8 Å². The molecule has 2 heteroatoms. The van der Waals surface area contributed by atoms with Crippen molar-refractivity contribution in [1.82, 2.24) is 0 Å². The van der Waals surface area contributed by atoms with Crippen molar-refractivity contribution in [1.29, 1.82) is 0 Å². The van der Waals surface area contributed by atoms with Crippen LogP contribution in [-0.4, -0.2) is 12.1 Å². The average molecular weight is 210 g/mol. The summed E-state index contributed by atoms with van der Waals surface area (Å²) < 4.78 is 0. The first-order valence-electron chi connectivity index (χ1n) is 5.84. The Morgan fingerprint density at radius 1 is 1.13 bits per heavy atom. The summed E-state index contributed by atoms with van der Waals surface area (Å²) in [7, 11) is 0. The van der Waals surface area contributed by atoms with Gasteiger partial charge in [0.2, 0.25) is 0 Å². The van der Waals surface area contributed by atoms with Crippen molar-refractivity contribution in [2.75, 3.05) is 0 Å². The molecule has 0 fully saturated rings. The maximum Gasteiger partial charge on any atom is 0.133 e. The average Bonchev–Trinajstić information content (AvgIpc) is 2.26. The van der Waals surface area contributed by atoms with Gasteiger partial charge in [-0.2, -0.15) is 0 Å². The molecule has 0 rings (SSSR count). The van der Waals surface area contributed by atoms with Gasteiger partial charge >= 0.3 is 0 Å². The van der Waals surface area contributed by atoms with Crippen molar-refractivity contribution in [3.8, 4) is 0 Å². The topological polar surface area (TPSA) is 34.1 Å². The quantitative estimate of drug-likeness (QED) is 0.431. The van der Waals surface area contributed by atoms with Gasteiger partial charge in [-0.05, 0) is 26.2 Å². The van der Waals surface area contributed by atoms with Crippen molar-refractivity contribution < 1.29 is 9.59 Å². The maximum absolute atomic E-state index is 11.4. The lowest BCUT2D eigenvalue weighted by atomic mass is 10.0. The van der Waals surface area contributed by atoms with Gasteiger partial charge in [-0.3, -0.25) is 4.79 Å². The summed E-state index contributed by atoms with van der Waals surface area (Å²) in [5.41, 5.74) is 1.23. The normalized spacial score (nSPS) is 11.5. The summed E-state index contributed by atoms with van der Waals surface area (Å²) in [6, 6.07) is 0. The van der Waals surface area contributed by atoms with Gasteiger partial charge < -0.3 is 4.79 Å². The summed E-state index contributed by atoms with van der Waals surface area (Å²) in [4.78, 5) is 21.6. The molecule has 0 unspecified atom stereocenters. The van der Waals surface area contributed by atoms with Crippen LogP contribution in [0.25, 0.3) is 0 Å². The molecule has 15 heavy (non-hydrogen) atoms. The molecule has 0 aliphatic carbocycles. The molecule has 0 heterocycles. The lowest BCUT2D eigenvalue weighted by Crippen LogP contribution is -1.98. The highest BCUT2D eigenvalue weighted by molar-refractivity contribution is 5.78. The minimum atomic E-state index is 0.349. The molecule has 0 saturated carbocycles. The molecule has 2 nitrogen and oxygen atoms in total. The third-order valence-electron chi connectivity index (χ3n) is 2.53. The molecule has 0 aromatic carbocycles. The van der Waals surface area contributed by atoms with E-state index in [-0.39, 0.29) is 0 Å². The summed E-state index contributed by atoms with van der Waals surface area (Å²) in [5, 5.41) is 0. The van der Waals surface area contributed by atoms with E-state index in [1.807, 2.05) is 13.0 Å². The first kappa shape index (κ1) is 14.1. The molecule has 0 N–H and O–H groups in total. The van der Waals surface area contributed by atoms with Crippen molar-refractivity contribution in [3.05, 3.63) is 11.6 Å². The number of hydrogen-bond acceptors (Lipinski definition) is 2. The van der Waals surface area contributed by atoms with E-state index in [1.165, 1.54) is 5.57 Å². The first-order chi connectivity index (χ1) is 7.24. The van der Waals surface area contributed by atoms with E-state index in [4.69, 9.17) is 0 Å². The lowest BCUT2D eigenvalue weighted by molar-refractivity contribution is -0.119. The van der Waals surface area contributed by atoms with Gasteiger partial charge in [-0.1, -0.05) is 25.0 Å². The van der Waals surface area contributed by atoms with Crippen LogP contribution in [-0.2, 0) is 9.59 Å². The Bertz CT molecular complexity index is 217. The summed E-state index contributed by atoms with van der Waals surface area (Å²) in [5.74, 6) is 0.349. The van der Waals surface area contributed by atoms with Crippen molar-refractivity contribution >= 4 is 12.1 Å². The number of rotatable bonds is 9. The number of ketones is 1. The zero-order valence-corrected chi connectivity index (χ0v) is 9.92. The molecule has 0 spiro atoms. The maximum atomic E-state index is 11.4. The summed E-state index contributed by atoms with van der Waals surface area (Å²) >= 11 is 0. The minimum absolute atomic E-state index is 0.349. The highest BCUT2D eigenvalue weighted by Crippen LogP contribution is 2.13. The van der Waals surface area contributed by atoms with Gasteiger partial charge in [0, 0.05) is 19.3 Å². The fourth-order valence-corrected chi connectivity index (χ4v) is 1.46. The molecule has 0 aromatic rings. The molecule has 0 aliphatic heterocycles. The van der Waals surface area contributed by atoms with E-state index in [1.54, 1.807) is 0 Å². The van der Waals surface area contributed by atoms with Crippen LogP contribution >= 0.6 is 0 Å². The molecule has 0 aliphatic rings. The van der Waals surface area contributed by atoms with Gasteiger partial charge in [0.1, 0.15) is 12.1 Å². The van der Waals surface area contributed by atoms with Gasteiger partial charge in [-0.25, -0.2) is 0 Å². The molecule has 0 bridgehead atoms. The Morgan fingerprint density at radius 3 is 2.40 bits per heavy atom. The monoisotopic (exact) mass is 210 g/mol. The third kappa shape index (κ3) is 8.10. The van der Waals surface area contributed by atoms with Crippen LogP contribution in [0, 0.1) is 0 Å². The number of allylic oxidation sites excluding steroid dienone is 2. The van der Waals surface area contributed by atoms with Crippen LogP contribution in [0.3, 0.4) is 0 Å². The van der Waals surface area contributed by atoms with E-state index in [0.29, 0.717) is 25.0 Å². The standard InChI is InChI=1S/C13H22O2/c1-3-5-8-13(15)10-9-12(4-2)7-6-11-14/h4,11H,3,5-10H2,1-2H3/b12-4-. The summed E-state index contributed by atoms with van der Waals surface area (Å²) in [6.45, 7) is 4.06. The number of aldehydes is 1. The Kier molecular flexibility index (Phi) is 9.04. The van der Waals surface area contributed by atoms with E-state index < -0.39 is 0 Å². The van der Waals surface area contributed by atoms with Gasteiger partial charge in [0.05, 0.1) is 0 Å². The van der Waals surface area contributed by atoms with E-state index in [0.717, 1.165) is 32.0 Å². The molecule has 0 atom stereocenters. The van der Waals surface area contributed by atoms with Crippen LogP contribution in [0.4, 0.5) is 0 Å². The van der Waals surface area contributed by atoms with Crippen LogP contribution in [0.15, 0.2) is 11.6 Å². The Hall–Kier alpha value is -0.920. The van der Waals surface area contributed by atoms with Crippen molar-refractivity contribution in [2.45, 2.75) is 58.8 Å². The highest BCUT2D eigenvalue weighted by Gasteiger charge is 2.03. The first-order valence-corrected chi connectivity index (χ1v) is 5.84. The predicted molar refractivity (Wildman–Crippen MR) is 62.8 cm³/mol. The molecule has 0 saturated heterocycles. The van der Waals surface area contributed by atoms with Crippen molar-refractivity contribution in [3.63, 3.8) is 0 Å². The fourth-order valence-electron chi connectivity index (χ4n) is 1.46. The smallest absolute Gasteiger partial charge is 0.133 e. The minimum Gasteiger partial charge on any atom is -0.303 e. The molecule has 0 amide bonds. The van der Waals surface area contributed by atoms with Gasteiger partial charge in [0.15, 0.2) is 0 Å². The van der Waals surface area contributed by atoms with Gasteiger partial charge in [-0.15, -0.1) is 0 Å². The third-order valence-corrected chi connectivity index (χ3v) is 2.53. The molecular formula is C13H22O2. The van der Waals surface area contributed by atoms with Crippen LogP contribution in [0.2, 0.25) is 0 Å². The number of hydrogen-bond donors (Lipinski definition) is 0. The molecule has 0 aromatic heterocycles. The van der Waals surface area contributed by atoms with Crippen LogP contribution in [0.1, 0.15) is 58.8 Å². The van der Waals surface area contributed by atoms with E-state index in [9.17, 15) is 9.59 Å². The predicted octanol–water partition coefficient (Wildman–Crippen LogP) is 3.45. The highest BCUT2D eigenvalue weighted by atomic mass is 16.1. The number of Topliss-reactive ketones (excluding diaryl/α,β-unsaturated/α-hetero) is 1. The second kappa shape index (κ2) is 9.63. The van der Waals surface area contributed by atoms with E-state index >= 15 is 0 Å². The number of carbonyl (C=O) groups excluding carboxylic acids is 2. The lowest BCUT2D eigenvalue weighted by Gasteiger charge is -2.04. The fraction of sp³-hybridized carbons (Fsp3) is 0.692. The molecular weight excluding hydrogens is 188 g/mol. The summed E-state index contributed by atoms with van der Waals surface area (Å²) in [6.07, 6.45) is 8.58. The Balaban J connectivity index is 3.70. The molecule has 0 radical (unpaired) electrons. The number of carbonyl (C=O) groups is 2. The van der Waals surface area contributed by atoms with Gasteiger partial charge in [0.25, 0.3) is 0 Å². The van der Waals surface area contributed by atoms with Crippen LogP contribution < -0.4 is 0 Å². The second-order valence-corrected chi connectivity index (χ2v) is 3.79. The van der Waals surface area contributed by atoms with Crippen molar-refractivity contribution in [2.24, 2.45) is 0 Å². The number of unbranched alkanes of at least 4 members (excludes halogenated alkanes) is 1. The zero-order valence-electron chi connectivity index (χ0n) is 9.92. The SMILES string of the molecule is C/C=C(/CCC=O)CCC(=O)CCCC. The zero-order chi connectivity index (χ0) is 11.5. The molecule has 86 valence electrons.